The third-order valence-electron chi connectivity index (χ3n) is 2.75. The number of carbonyl (C=O) groups is 1. The van der Waals surface area contributed by atoms with Gasteiger partial charge in [-0.1, -0.05) is 36.4 Å². The van der Waals surface area contributed by atoms with Crippen LogP contribution in [0.1, 0.15) is 4.88 Å². The number of nitrogens with zero attached hydrogens (tertiary/aromatic N) is 1. The monoisotopic (exact) mass is 312 g/mol. The summed E-state index contributed by atoms with van der Waals surface area (Å²) in [5, 5.41) is 7.30. The van der Waals surface area contributed by atoms with Crippen LogP contribution in [0, 0.1) is 0 Å². The van der Waals surface area contributed by atoms with E-state index in [1.54, 1.807) is 17.4 Å². The molecule has 3 aromatic rings. The number of aromatic nitrogens is 1. The minimum atomic E-state index is -0.169. The van der Waals surface area contributed by atoms with E-state index in [2.05, 4.69) is 10.3 Å². The fourth-order valence-electron chi connectivity index (χ4n) is 1.76. The van der Waals surface area contributed by atoms with E-state index in [4.69, 9.17) is 0 Å². The molecule has 5 heteroatoms. The maximum Gasteiger partial charge on any atom is 0.250 e. The molecule has 0 atom stereocenters. The van der Waals surface area contributed by atoms with Crippen molar-refractivity contribution in [2.24, 2.45) is 0 Å². The van der Waals surface area contributed by atoms with Crippen LogP contribution in [-0.2, 0) is 4.79 Å². The van der Waals surface area contributed by atoms with Gasteiger partial charge < -0.3 is 0 Å². The molecule has 0 bridgehead atoms. The average molecular weight is 312 g/mol. The fraction of sp³-hybridized carbons (Fsp3) is 0. The van der Waals surface area contributed by atoms with E-state index in [1.807, 2.05) is 53.2 Å². The zero-order valence-corrected chi connectivity index (χ0v) is 12.7. The van der Waals surface area contributed by atoms with Gasteiger partial charge in [-0.25, -0.2) is 4.98 Å². The minimum absolute atomic E-state index is 0.169. The maximum absolute atomic E-state index is 11.8. The lowest BCUT2D eigenvalue weighted by molar-refractivity contribution is -0.111. The lowest BCUT2D eigenvalue weighted by Crippen LogP contribution is -2.07. The van der Waals surface area contributed by atoms with Gasteiger partial charge in [0.1, 0.15) is 0 Å². The van der Waals surface area contributed by atoms with Gasteiger partial charge in [0, 0.05) is 21.9 Å². The number of carbonyl (C=O) groups excluding carboxylic acids is 1. The summed E-state index contributed by atoms with van der Waals surface area (Å²) in [5.41, 5.74) is 1.92. The number of rotatable bonds is 4. The Bertz CT molecular complexity index is 746. The van der Waals surface area contributed by atoms with E-state index in [1.165, 1.54) is 17.4 Å². The predicted octanol–water partition coefficient (Wildman–Crippen LogP) is 4.52. The molecule has 3 nitrogen and oxygen atoms in total. The Balaban J connectivity index is 1.66. The highest BCUT2D eigenvalue weighted by atomic mass is 32.1. The van der Waals surface area contributed by atoms with E-state index in [0.29, 0.717) is 5.13 Å². The van der Waals surface area contributed by atoms with Crippen molar-refractivity contribution in [3.05, 3.63) is 64.2 Å². The molecule has 0 fully saturated rings. The fourth-order valence-corrected chi connectivity index (χ4v) is 3.10. The quantitative estimate of drug-likeness (QED) is 0.719. The summed E-state index contributed by atoms with van der Waals surface area (Å²) in [6, 6.07) is 13.8. The molecule has 21 heavy (non-hydrogen) atoms. The van der Waals surface area contributed by atoms with Crippen molar-refractivity contribution in [1.29, 1.82) is 0 Å². The van der Waals surface area contributed by atoms with Gasteiger partial charge in [-0.15, -0.1) is 22.7 Å². The summed E-state index contributed by atoms with van der Waals surface area (Å²) in [6.07, 6.45) is 3.32. The van der Waals surface area contributed by atoms with Gasteiger partial charge in [0.05, 0.1) is 5.69 Å². The van der Waals surface area contributed by atoms with Gasteiger partial charge in [0.15, 0.2) is 5.13 Å². The number of benzene rings is 1. The highest BCUT2D eigenvalue weighted by Gasteiger charge is 2.05. The number of amides is 1. The molecule has 1 N–H and O–H groups in total. The number of thiazole rings is 1. The van der Waals surface area contributed by atoms with E-state index in [-0.39, 0.29) is 5.91 Å². The standard InChI is InChI=1S/C16H12N2OS2/c19-15(9-8-13-7-4-10-20-13)18-16-17-14(11-21-16)12-5-2-1-3-6-12/h1-11H,(H,17,18,19). The number of hydrogen-bond acceptors (Lipinski definition) is 4. The Kier molecular flexibility index (Phi) is 4.23. The zero-order valence-electron chi connectivity index (χ0n) is 11.0. The SMILES string of the molecule is O=C(C=Cc1cccs1)Nc1nc(-c2ccccc2)cs1. The van der Waals surface area contributed by atoms with Crippen LogP contribution in [0.5, 0.6) is 0 Å². The molecule has 1 aromatic carbocycles. The third kappa shape index (κ3) is 3.65. The minimum Gasteiger partial charge on any atom is -0.298 e. The molecule has 0 unspecified atom stereocenters. The van der Waals surface area contributed by atoms with Gasteiger partial charge >= 0.3 is 0 Å². The smallest absolute Gasteiger partial charge is 0.250 e. The molecule has 0 saturated carbocycles. The summed E-state index contributed by atoms with van der Waals surface area (Å²) in [4.78, 5) is 17.3. The van der Waals surface area contributed by atoms with Gasteiger partial charge in [0.2, 0.25) is 5.91 Å². The molecule has 0 aliphatic carbocycles. The maximum atomic E-state index is 11.8. The van der Waals surface area contributed by atoms with Crippen molar-refractivity contribution in [1.82, 2.24) is 4.98 Å². The van der Waals surface area contributed by atoms with Crippen molar-refractivity contribution < 1.29 is 4.79 Å². The lowest BCUT2D eigenvalue weighted by atomic mass is 10.2. The van der Waals surface area contributed by atoms with Gasteiger partial charge in [-0.2, -0.15) is 0 Å². The first kappa shape index (κ1) is 13.7. The molecule has 104 valence electrons. The molecule has 0 radical (unpaired) electrons. The molecular formula is C16H12N2OS2. The highest BCUT2D eigenvalue weighted by molar-refractivity contribution is 7.14. The Hall–Kier alpha value is -2.24. The zero-order chi connectivity index (χ0) is 14.5. The molecule has 0 spiro atoms. The Labute approximate surface area is 130 Å². The van der Waals surface area contributed by atoms with Crippen molar-refractivity contribution in [3.8, 4) is 11.3 Å². The molecule has 1 amide bonds. The van der Waals surface area contributed by atoms with Crippen LogP contribution in [0.25, 0.3) is 17.3 Å². The van der Waals surface area contributed by atoms with Crippen molar-refractivity contribution in [2.75, 3.05) is 5.32 Å². The third-order valence-corrected chi connectivity index (χ3v) is 4.34. The molecule has 0 aliphatic rings. The normalized spacial score (nSPS) is 10.9. The van der Waals surface area contributed by atoms with E-state index in [9.17, 15) is 4.79 Å². The molecule has 3 rings (SSSR count). The largest absolute Gasteiger partial charge is 0.298 e. The number of hydrogen-bond donors (Lipinski definition) is 1. The average Bonchev–Trinajstić information content (AvgIpc) is 3.17. The summed E-state index contributed by atoms with van der Waals surface area (Å²) in [7, 11) is 0. The van der Waals surface area contributed by atoms with Crippen LogP contribution >= 0.6 is 22.7 Å². The molecule has 2 aromatic heterocycles. The molecule has 0 saturated heterocycles. The second-order valence-corrected chi connectivity index (χ2v) is 6.08. The number of nitrogens with one attached hydrogen (secondary N) is 1. The van der Waals surface area contributed by atoms with Gasteiger partial charge in [-0.05, 0) is 17.5 Å². The van der Waals surface area contributed by atoms with E-state index >= 15 is 0 Å². The van der Waals surface area contributed by atoms with E-state index in [0.717, 1.165) is 16.1 Å². The first-order valence-corrected chi connectivity index (χ1v) is 8.11. The topological polar surface area (TPSA) is 42.0 Å². The van der Waals surface area contributed by atoms with Gasteiger partial charge in [-0.3, -0.25) is 10.1 Å². The van der Waals surface area contributed by atoms with Crippen LogP contribution in [0.15, 0.2) is 59.3 Å². The van der Waals surface area contributed by atoms with Crippen LogP contribution in [0.3, 0.4) is 0 Å². The Morgan fingerprint density at radius 2 is 1.95 bits per heavy atom. The molecule has 2 heterocycles. The van der Waals surface area contributed by atoms with Gasteiger partial charge in [0.25, 0.3) is 0 Å². The van der Waals surface area contributed by atoms with E-state index < -0.39 is 0 Å². The number of anilines is 1. The summed E-state index contributed by atoms with van der Waals surface area (Å²) in [5.74, 6) is -0.169. The molecular weight excluding hydrogens is 300 g/mol. The predicted molar refractivity (Wildman–Crippen MR) is 89.5 cm³/mol. The second kappa shape index (κ2) is 6.47. The summed E-state index contributed by atoms with van der Waals surface area (Å²) in [6.45, 7) is 0. The second-order valence-electron chi connectivity index (χ2n) is 4.24. The molecule has 0 aliphatic heterocycles. The summed E-state index contributed by atoms with van der Waals surface area (Å²) >= 11 is 3.01. The number of thiophene rings is 1. The van der Waals surface area contributed by atoms with Crippen LogP contribution in [0.2, 0.25) is 0 Å². The Morgan fingerprint density at radius 3 is 2.71 bits per heavy atom. The first-order valence-electron chi connectivity index (χ1n) is 6.35. The highest BCUT2D eigenvalue weighted by Crippen LogP contribution is 2.24. The van der Waals surface area contributed by atoms with Crippen LogP contribution in [0.4, 0.5) is 5.13 Å². The van der Waals surface area contributed by atoms with Crippen molar-refractivity contribution in [2.45, 2.75) is 0 Å². The Morgan fingerprint density at radius 1 is 1.10 bits per heavy atom. The lowest BCUT2D eigenvalue weighted by Gasteiger charge is -1.96. The first-order chi connectivity index (χ1) is 10.3. The van der Waals surface area contributed by atoms with Crippen molar-refractivity contribution in [3.63, 3.8) is 0 Å². The van der Waals surface area contributed by atoms with Crippen LogP contribution in [-0.4, -0.2) is 10.9 Å². The summed E-state index contributed by atoms with van der Waals surface area (Å²) < 4.78 is 0. The van der Waals surface area contributed by atoms with Crippen molar-refractivity contribution >= 4 is 39.8 Å². The van der Waals surface area contributed by atoms with Crippen LogP contribution < -0.4 is 5.32 Å².